The molecule has 4 rings (SSSR count). The molecule has 0 atom stereocenters. The molecule has 1 aliphatic rings. The fraction of sp³-hybridized carbons (Fsp3) is 0.304. The fourth-order valence-corrected chi connectivity index (χ4v) is 3.64. The third-order valence-electron chi connectivity index (χ3n) is 5.23. The topological polar surface area (TPSA) is 72.2 Å². The molecule has 1 amide bonds. The second kappa shape index (κ2) is 8.49. The van der Waals surface area contributed by atoms with Crippen molar-refractivity contribution in [2.45, 2.75) is 6.92 Å². The molecule has 2 heterocycles. The molecule has 3 aromatic rings. The Morgan fingerprint density at radius 1 is 1.03 bits per heavy atom. The van der Waals surface area contributed by atoms with E-state index in [0.717, 1.165) is 24.2 Å². The van der Waals surface area contributed by atoms with Crippen LogP contribution in [0.3, 0.4) is 0 Å². The number of hydrogen-bond acceptors (Lipinski definition) is 6. The number of methoxy groups -OCH3 is 1. The summed E-state index contributed by atoms with van der Waals surface area (Å²) in [5, 5.41) is 0.852. The molecule has 1 saturated heterocycles. The predicted molar refractivity (Wildman–Crippen MR) is 113 cm³/mol. The lowest BCUT2D eigenvalue weighted by atomic mass is 10.1. The lowest BCUT2D eigenvalue weighted by Gasteiger charge is -2.36. The van der Waals surface area contributed by atoms with E-state index < -0.39 is 5.97 Å². The van der Waals surface area contributed by atoms with Crippen LogP contribution in [0.25, 0.3) is 11.0 Å². The minimum absolute atomic E-state index is 0.0120. The number of rotatable bonds is 5. The van der Waals surface area contributed by atoms with Gasteiger partial charge in [-0.15, -0.1) is 0 Å². The average Bonchev–Trinajstić information content (AvgIpc) is 3.22. The van der Waals surface area contributed by atoms with Crippen LogP contribution in [0.4, 0.5) is 5.69 Å². The molecular formula is C23H24N2O5. The number of esters is 1. The van der Waals surface area contributed by atoms with Crippen molar-refractivity contribution in [3.8, 4) is 5.75 Å². The minimum atomic E-state index is -0.458. The van der Waals surface area contributed by atoms with Crippen LogP contribution in [0.15, 0.2) is 52.9 Å². The quantitative estimate of drug-likeness (QED) is 0.601. The number of carbonyl (C=O) groups excluding carboxylic acids is 2. The first kappa shape index (κ1) is 19.8. The number of benzene rings is 2. The van der Waals surface area contributed by atoms with Gasteiger partial charge < -0.3 is 23.7 Å². The summed E-state index contributed by atoms with van der Waals surface area (Å²) in [7, 11) is 1.59. The average molecular weight is 408 g/mol. The van der Waals surface area contributed by atoms with Gasteiger partial charge in [0.2, 0.25) is 5.76 Å². The first-order valence-corrected chi connectivity index (χ1v) is 9.98. The summed E-state index contributed by atoms with van der Waals surface area (Å²) < 4.78 is 15.8. The van der Waals surface area contributed by atoms with Gasteiger partial charge in [-0.05, 0) is 49.4 Å². The van der Waals surface area contributed by atoms with Crippen molar-refractivity contribution in [3.63, 3.8) is 0 Å². The number of piperazine rings is 1. The molecule has 0 radical (unpaired) electrons. The van der Waals surface area contributed by atoms with Gasteiger partial charge in [0.15, 0.2) is 0 Å². The second-order valence-electron chi connectivity index (χ2n) is 7.06. The molecule has 1 fully saturated rings. The van der Waals surface area contributed by atoms with Crippen molar-refractivity contribution >= 4 is 28.5 Å². The Hall–Kier alpha value is -3.48. The minimum Gasteiger partial charge on any atom is -0.497 e. The van der Waals surface area contributed by atoms with E-state index in [1.54, 1.807) is 26.2 Å². The maximum absolute atomic E-state index is 12.8. The third kappa shape index (κ3) is 3.96. The first-order valence-electron chi connectivity index (χ1n) is 9.98. The number of amides is 1. The Kier molecular flexibility index (Phi) is 5.61. The lowest BCUT2D eigenvalue weighted by Crippen LogP contribution is -2.48. The number of ether oxygens (including phenoxy) is 2. The SMILES string of the molecule is CCOC(=O)c1cc2cc(N3CCN(C(=O)c4cccc(OC)c4)CC3)ccc2o1. The van der Waals surface area contributed by atoms with Gasteiger partial charge in [0.25, 0.3) is 5.91 Å². The van der Waals surface area contributed by atoms with Crippen molar-refractivity contribution in [1.82, 2.24) is 4.90 Å². The number of fused-ring (bicyclic) bond motifs is 1. The molecule has 0 bridgehead atoms. The number of furan rings is 1. The van der Waals surface area contributed by atoms with Crippen LogP contribution in [-0.2, 0) is 4.74 Å². The molecular weight excluding hydrogens is 384 g/mol. The Morgan fingerprint density at radius 2 is 1.83 bits per heavy atom. The lowest BCUT2D eigenvalue weighted by molar-refractivity contribution is 0.0492. The van der Waals surface area contributed by atoms with Gasteiger partial charge in [-0.25, -0.2) is 4.79 Å². The summed E-state index contributed by atoms with van der Waals surface area (Å²) in [6, 6.07) is 14.8. The molecule has 0 saturated carbocycles. The second-order valence-corrected chi connectivity index (χ2v) is 7.06. The highest BCUT2D eigenvalue weighted by Crippen LogP contribution is 2.27. The van der Waals surface area contributed by atoms with Gasteiger partial charge >= 0.3 is 5.97 Å². The molecule has 0 spiro atoms. The van der Waals surface area contributed by atoms with Gasteiger partial charge in [-0.1, -0.05) is 6.07 Å². The van der Waals surface area contributed by atoms with E-state index in [4.69, 9.17) is 13.9 Å². The van der Waals surface area contributed by atoms with Crippen LogP contribution in [0.5, 0.6) is 5.75 Å². The highest BCUT2D eigenvalue weighted by Gasteiger charge is 2.23. The largest absolute Gasteiger partial charge is 0.497 e. The third-order valence-corrected chi connectivity index (χ3v) is 5.23. The van der Waals surface area contributed by atoms with Gasteiger partial charge in [0.05, 0.1) is 13.7 Å². The van der Waals surface area contributed by atoms with Crippen LogP contribution in [0, 0.1) is 0 Å². The Balaban J connectivity index is 1.43. The smallest absolute Gasteiger partial charge is 0.374 e. The molecule has 7 nitrogen and oxygen atoms in total. The summed E-state index contributed by atoms with van der Waals surface area (Å²) in [5.41, 5.74) is 2.31. The maximum atomic E-state index is 12.8. The van der Waals surface area contributed by atoms with E-state index in [2.05, 4.69) is 4.90 Å². The molecule has 2 aromatic carbocycles. The summed E-state index contributed by atoms with van der Waals surface area (Å²) in [6.45, 7) is 4.78. The molecule has 30 heavy (non-hydrogen) atoms. The van der Waals surface area contributed by atoms with Gasteiger partial charge in [0, 0.05) is 42.8 Å². The summed E-state index contributed by atoms with van der Waals surface area (Å²) in [5.74, 6) is 0.436. The maximum Gasteiger partial charge on any atom is 0.374 e. The molecule has 1 aliphatic heterocycles. The Labute approximate surface area is 174 Å². The highest BCUT2D eigenvalue weighted by atomic mass is 16.5. The summed E-state index contributed by atoms with van der Waals surface area (Å²) in [4.78, 5) is 28.8. The normalized spacial score (nSPS) is 14.1. The Morgan fingerprint density at radius 3 is 2.57 bits per heavy atom. The van der Waals surface area contributed by atoms with E-state index in [1.807, 2.05) is 41.3 Å². The van der Waals surface area contributed by atoms with Crippen LogP contribution in [0.1, 0.15) is 27.8 Å². The van der Waals surface area contributed by atoms with Crippen molar-refractivity contribution in [2.24, 2.45) is 0 Å². The van der Waals surface area contributed by atoms with Crippen LogP contribution < -0.4 is 9.64 Å². The van der Waals surface area contributed by atoms with Gasteiger partial charge in [-0.2, -0.15) is 0 Å². The van der Waals surface area contributed by atoms with Crippen molar-refractivity contribution in [3.05, 3.63) is 59.9 Å². The number of hydrogen-bond donors (Lipinski definition) is 0. The monoisotopic (exact) mass is 408 g/mol. The van der Waals surface area contributed by atoms with E-state index in [0.29, 0.717) is 36.6 Å². The zero-order valence-corrected chi connectivity index (χ0v) is 17.1. The van der Waals surface area contributed by atoms with Crippen molar-refractivity contribution in [2.75, 3.05) is 44.8 Å². The summed E-state index contributed by atoms with van der Waals surface area (Å²) in [6.07, 6.45) is 0. The molecule has 0 aliphatic carbocycles. The molecule has 0 unspecified atom stereocenters. The first-order chi connectivity index (χ1) is 14.6. The van der Waals surface area contributed by atoms with Crippen LogP contribution in [-0.4, -0.2) is 56.7 Å². The predicted octanol–water partition coefficient (Wildman–Crippen LogP) is 3.58. The van der Waals surface area contributed by atoms with Crippen molar-refractivity contribution < 1.29 is 23.5 Å². The molecule has 0 N–H and O–H groups in total. The fourth-order valence-electron chi connectivity index (χ4n) is 3.64. The molecule has 1 aromatic heterocycles. The highest BCUT2D eigenvalue weighted by molar-refractivity contribution is 5.95. The van der Waals surface area contributed by atoms with E-state index in [9.17, 15) is 9.59 Å². The van der Waals surface area contributed by atoms with Crippen molar-refractivity contribution in [1.29, 1.82) is 0 Å². The number of anilines is 1. The van der Waals surface area contributed by atoms with Gasteiger partial charge in [0.1, 0.15) is 11.3 Å². The van der Waals surface area contributed by atoms with E-state index in [1.165, 1.54) is 0 Å². The zero-order valence-electron chi connectivity index (χ0n) is 17.1. The van der Waals surface area contributed by atoms with Crippen LogP contribution in [0.2, 0.25) is 0 Å². The van der Waals surface area contributed by atoms with E-state index >= 15 is 0 Å². The molecule has 7 heteroatoms. The Bertz CT molecular complexity index is 1070. The standard InChI is InChI=1S/C23H24N2O5/c1-3-29-23(27)21-15-17-13-18(7-8-20(17)30-21)24-9-11-25(12-10-24)22(26)16-5-4-6-19(14-16)28-2/h4-8,13-15H,3,9-12H2,1-2H3. The summed E-state index contributed by atoms with van der Waals surface area (Å²) >= 11 is 0. The van der Waals surface area contributed by atoms with Crippen LogP contribution >= 0.6 is 0 Å². The molecule has 156 valence electrons. The zero-order chi connectivity index (χ0) is 21.1. The van der Waals surface area contributed by atoms with E-state index in [-0.39, 0.29) is 11.7 Å². The number of nitrogens with zero attached hydrogens (tertiary/aromatic N) is 2. The number of carbonyl (C=O) groups is 2. The van der Waals surface area contributed by atoms with Gasteiger partial charge in [-0.3, -0.25) is 4.79 Å².